The van der Waals surface area contributed by atoms with Crippen molar-refractivity contribution in [3.63, 3.8) is 0 Å². The Balaban J connectivity index is 1.58. The minimum absolute atomic E-state index is 0.513. The molecule has 1 aromatic carbocycles. The number of aliphatic imine (C=N–C) groups is 1. The van der Waals surface area contributed by atoms with E-state index in [1.807, 2.05) is 12.1 Å². The first-order valence-corrected chi connectivity index (χ1v) is 8.43. The molecule has 2 N–H and O–H groups in total. The van der Waals surface area contributed by atoms with Crippen molar-refractivity contribution in [2.24, 2.45) is 4.99 Å². The number of guanidine groups is 1. The molecule has 0 radical (unpaired) electrons. The fourth-order valence-electron chi connectivity index (χ4n) is 2.27. The molecule has 2 aromatic rings. The molecule has 0 saturated carbocycles. The van der Waals surface area contributed by atoms with Gasteiger partial charge in [-0.15, -0.1) is 0 Å². The van der Waals surface area contributed by atoms with Crippen LogP contribution in [0, 0.1) is 0 Å². The maximum Gasteiger partial charge on any atom is 0.191 e. The summed E-state index contributed by atoms with van der Waals surface area (Å²) in [5.74, 6) is 1.63. The number of methoxy groups -OCH3 is 1. The van der Waals surface area contributed by atoms with Crippen LogP contribution in [0.5, 0.6) is 0 Å². The molecule has 6 nitrogen and oxygen atoms in total. The smallest absolute Gasteiger partial charge is 0.191 e. The van der Waals surface area contributed by atoms with Crippen LogP contribution in [0.4, 0.5) is 0 Å². The van der Waals surface area contributed by atoms with E-state index < -0.39 is 0 Å². The molecule has 1 heterocycles. The van der Waals surface area contributed by atoms with E-state index in [4.69, 9.17) is 13.9 Å². The van der Waals surface area contributed by atoms with Gasteiger partial charge >= 0.3 is 0 Å². The summed E-state index contributed by atoms with van der Waals surface area (Å²) in [5.41, 5.74) is 2.37. The molecule has 0 spiro atoms. The van der Waals surface area contributed by atoms with Gasteiger partial charge in [-0.2, -0.15) is 0 Å². The lowest BCUT2D eigenvalue weighted by molar-refractivity contribution is 0.105. The highest BCUT2D eigenvalue weighted by Crippen LogP contribution is 2.05. The molecule has 0 saturated heterocycles. The summed E-state index contributed by atoms with van der Waals surface area (Å²) in [6.45, 7) is 3.34. The van der Waals surface area contributed by atoms with Crippen molar-refractivity contribution in [1.82, 2.24) is 10.6 Å². The van der Waals surface area contributed by atoms with Gasteiger partial charge < -0.3 is 24.5 Å². The second-order valence-electron chi connectivity index (χ2n) is 5.59. The van der Waals surface area contributed by atoms with Gasteiger partial charge in [-0.3, -0.25) is 4.99 Å². The number of rotatable bonds is 10. The van der Waals surface area contributed by atoms with Gasteiger partial charge in [0.15, 0.2) is 5.96 Å². The number of nitrogens with one attached hydrogen (secondary N) is 2. The van der Waals surface area contributed by atoms with E-state index in [9.17, 15) is 0 Å². The fourth-order valence-corrected chi connectivity index (χ4v) is 2.27. The lowest BCUT2D eigenvalue weighted by Crippen LogP contribution is -2.37. The van der Waals surface area contributed by atoms with Gasteiger partial charge in [0, 0.05) is 33.9 Å². The van der Waals surface area contributed by atoms with Crippen LogP contribution in [0.15, 0.2) is 52.1 Å². The Morgan fingerprint density at radius 3 is 2.56 bits per heavy atom. The highest BCUT2D eigenvalue weighted by Gasteiger charge is 2.00. The van der Waals surface area contributed by atoms with E-state index in [0.717, 1.165) is 31.2 Å². The molecule has 6 heteroatoms. The molecule has 0 aliphatic carbocycles. The zero-order chi connectivity index (χ0) is 17.7. The van der Waals surface area contributed by atoms with Crippen molar-refractivity contribution < 1.29 is 13.9 Å². The third kappa shape index (κ3) is 7.41. The van der Waals surface area contributed by atoms with Crippen LogP contribution in [-0.2, 0) is 29.2 Å². The molecule has 0 fully saturated rings. The van der Waals surface area contributed by atoms with E-state index in [-0.39, 0.29) is 0 Å². The Labute approximate surface area is 149 Å². The second-order valence-corrected chi connectivity index (χ2v) is 5.59. The molecule has 0 unspecified atom stereocenters. The quantitative estimate of drug-likeness (QED) is 0.394. The van der Waals surface area contributed by atoms with Gasteiger partial charge in [-0.1, -0.05) is 24.3 Å². The van der Waals surface area contributed by atoms with Crippen molar-refractivity contribution in [3.8, 4) is 0 Å². The minimum atomic E-state index is 0.513. The first-order valence-electron chi connectivity index (χ1n) is 8.43. The number of furan rings is 1. The molecule has 0 bridgehead atoms. The van der Waals surface area contributed by atoms with Crippen molar-refractivity contribution in [2.45, 2.75) is 26.2 Å². The molecule has 0 aliphatic rings. The summed E-state index contributed by atoms with van der Waals surface area (Å²) in [6, 6.07) is 12.1. The lowest BCUT2D eigenvalue weighted by atomic mass is 10.1. The Hall–Kier alpha value is -2.31. The zero-order valence-corrected chi connectivity index (χ0v) is 15.0. The Kier molecular flexibility index (Phi) is 8.58. The summed E-state index contributed by atoms with van der Waals surface area (Å²) < 4.78 is 15.9. The van der Waals surface area contributed by atoms with Crippen LogP contribution in [0.1, 0.15) is 23.3 Å². The number of hydrogen-bond donors (Lipinski definition) is 2. The van der Waals surface area contributed by atoms with Crippen LogP contribution in [0.3, 0.4) is 0 Å². The van der Waals surface area contributed by atoms with E-state index in [1.165, 1.54) is 11.1 Å². The van der Waals surface area contributed by atoms with Gasteiger partial charge in [-0.05, 0) is 29.7 Å². The zero-order valence-electron chi connectivity index (χ0n) is 15.0. The van der Waals surface area contributed by atoms with Crippen LogP contribution in [0.25, 0.3) is 0 Å². The highest BCUT2D eigenvalue weighted by atomic mass is 16.5. The van der Waals surface area contributed by atoms with Crippen molar-refractivity contribution >= 4 is 5.96 Å². The predicted molar refractivity (Wildman–Crippen MR) is 98.3 cm³/mol. The van der Waals surface area contributed by atoms with Crippen LogP contribution in [0.2, 0.25) is 0 Å². The number of ether oxygens (including phenoxy) is 2. The average molecular weight is 345 g/mol. The summed E-state index contributed by atoms with van der Waals surface area (Å²) in [5, 5.41) is 6.58. The first kappa shape index (κ1) is 19.0. The number of hydrogen-bond acceptors (Lipinski definition) is 4. The average Bonchev–Trinajstić information content (AvgIpc) is 3.15. The topological polar surface area (TPSA) is 68.0 Å². The Morgan fingerprint density at radius 2 is 1.88 bits per heavy atom. The molecule has 1 aromatic heterocycles. The first-order chi connectivity index (χ1) is 12.3. The van der Waals surface area contributed by atoms with Crippen LogP contribution in [-0.4, -0.2) is 33.3 Å². The summed E-state index contributed by atoms with van der Waals surface area (Å²) >= 11 is 0. The van der Waals surface area contributed by atoms with Crippen molar-refractivity contribution in [3.05, 3.63) is 59.5 Å². The highest BCUT2D eigenvalue weighted by molar-refractivity contribution is 5.79. The molecular formula is C19H27N3O3. The maximum absolute atomic E-state index is 5.55. The maximum atomic E-state index is 5.55. The monoisotopic (exact) mass is 345 g/mol. The van der Waals surface area contributed by atoms with Gasteiger partial charge in [0.25, 0.3) is 0 Å². The standard InChI is InChI=1S/C19H27N3O3/c1-20-19(21-10-4-11-24-15-18-5-3-12-25-18)22-13-16-6-8-17(9-7-16)14-23-2/h3,5-9,12H,4,10-11,13-15H2,1-2H3,(H2,20,21,22). The molecule has 136 valence electrons. The summed E-state index contributed by atoms with van der Waals surface area (Å²) in [7, 11) is 3.47. The third-order valence-corrected chi connectivity index (χ3v) is 3.60. The van der Waals surface area contributed by atoms with Gasteiger partial charge in [-0.25, -0.2) is 0 Å². The van der Waals surface area contributed by atoms with E-state index in [1.54, 1.807) is 20.4 Å². The normalized spacial score (nSPS) is 11.5. The van der Waals surface area contributed by atoms with Gasteiger partial charge in [0.2, 0.25) is 0 Å². The number of nitrogens with zero attached hydrogens (tertiary/aromatic N) is 1. The van der Waals surface area contributed by atoms with E-state index >= 15 is 0 Å². The fraction of sp³-hybridized carbons (Fsp3) is 0.421. The summed E-state index contributed by atoms with van der Waals surface area (Å²) in [4.78, 5) is 4.23. The molecule has 0 aliphatic heterocycles. The Bertz CT molecular complexity index is 609. The molecule has 0 amide bonds. The second kappa shape index (κ2) is 11.3. The summed E-state index contributed by atoms with van der Waals surface area (Å²) in [6.07, 6.45) is 2.55. The van der Waals surface area contributed by atoms with Crippen molar-refractivity contribution in [2.75, 3.05) is 27.3 Å². The minimum Gasteiger partial charge on any atom is -0.467 e. The largest absolute Gasteiger partial charge is 0.467 e. The van der Waals surface area contributed by atoms with Gasteiger partial charge in [0.1, 0.15) is 12.4 Å². The van der Waals surface area contributed by atoms with Crippen LogP contribution >= 0.6 is 0 Å². The lowest BCUT2D eigenvalue weighted by Gasteiger charge is -2.12. The van der Waals surface area contributed by atoms with Gasteiger partial charge in [0.05, 0.1) is 12.9 Å². The Morgan fingerprint density at radius 1 is 1.08 bits per heavy atom. The number of benzene rings is 1. The molecule has 2 rings (SSSR count). The van der Waals surface area contributed by atoms with Crippen molar-refractivity contribution in [1.29, 1.82) is 0 Å². The molecule has 0 atom stereocenters. The van der Waals surface area contributed by atoms with E-state index in [2.05, 4.69) is 39.9 Å². The molecule has 25 heavy (non-hydrogen) atoms. The SMILES string of the molecule is CN=C(NCCCOCc1ccco1)NCc1ccc(COC)cc1. The van der Waals surface area contributed by atoms with E-state index in [0.29, 0.717) is 19.8 Å². The van der Waals surface area contributed by atoms with Crippen LogP contribution < -0.4 is 10.6 Å². The third-order valence-electron chi connectivity index (χ3n) is 3.60. The predicted octanol–water partition coefficient (Wildman–Crippen LogP) is 2.70. The molecular weight excluding hydrogens is 318 g/mol.